The largest absolute Gasteiger partial charge is 0.394 e. The van der Waals surface area contributed by atoms with E-state index >= 15 is 0 Å². The summed E-state index contributed by atoms with van der Waals surface area (Å²) in [7, 11) is 0. The molecule has 462 valence electrons. The molecule has 0 aliphatic carbocycles. The Hall–Kier alpha value is -2.17. The van der Waals surface area contributed by atoms with Crippen LogP contribution in [0.25, 0.3) is 0 Å². The van der Waals surface area contributed by atoms with E-state index in [0.29, 0.717) is 6.42 Å². The second-order valence-electron chi connectivity index (χ2n) is 24.3. The summed E-state index contributed by atoms with van der Waals surface area (Å²) in [5, 5.41) is 23.3. The molecule has 0 spiro atoms. The molecule has 0 aromatic heterocycles. The van der Waals surface area contributed by atoms with Gasteiger partial charge in [0.25, 0.3) is 0 Å². The number of unbranched alkanes of at least 4 members (excludes halogenated alkanes) is 49. The summed E-state index contributed by atoms with van der Waals surface area (Å²) in [6.07, 6.45) is 101. The van der Waals surface area contributed by atoms with Crippen molar-refractivity contribution in [1.29, 1.82) is 0 Å². The molecule has 2 unspecified atom stereocenters. The Morgan fingerprint density at radius 2 is 0.557 bits per heavy atom. The molecule has 0 saturated heterocycles. The molecule has 0 aromatic carbocycles. The Morgan fingerprint density at radius 1 is 0.316 bits per heavy atom. The third-order valence-corrected chi connectivity index (χ3v) is 16.4. The maximum Gasteiger partial charge on any atom is 0.220 e. The lowest BCUT2D eigenvalue weighted by molar-refractivity contribution is -0.123. The van der Waals surface area contributed by atoms with E-state index in [0.717, 1.165) is 57.8 Å². The fourth-order valence-electron chi connectivity index (χ4n) is 11.1. The van der Waals surface area contributed by atoms with Crippen LogP contribution in [0.5, 0.6) is 0 Å². The van der Waals surface area contributed by atoms with E-state index in [1.165, 1.54) is 302 Å². The van der Waals surface area contributed by atoms with Crippen molar-refractivity contribution in [3.8, 4) is 0 Å². The minimum Gasteiger partial charge on any atom is -0.394 e. The second kappa shape index (κ2) is 70.1. The second-order valence-corrected chi connectivity index (χ2v) is 24.3. The predicted molar refractivity (Wildman–Crippen MR) is 354 cm³/mol. The number of aliphatic hydroxyl groups is 2. The molecule has 0 bridgehead atoms. The number of rotatable bonds is 66. The van der Waals surface area contributed by atoms with Gasteiger partial charge in [-0.1, -0.05) is 382 Å². The van der Waals surface area contributed by atoms with Gasteiger partial charge in [0.15, 0.2) is 0 Å². The van der Waals surface area contributed by atoms with E-state index in [1.807, 2.05) is 6.08 Å². The van der Waals surface area contributed by atoms with Crippen molar-refractivity contribution in [3.05, 3.63) is 72.9 Å². The number of nitrogens with one attached hydrogen (secondary N) is 1. The van der Waals surface area contributed by atoms with Gasteiger partial charge in [-0.2, -0.15) is 0 Å². The molecule has 3 N–H and O–H groups in total. The predicted octanol–water partition coefficient (Wildman–Crippen LogP) is 24.4. The molecule has 0 saturated carbocycles. The Balaban J connectivity index is 3.41. The molecule has 1 amide bonds. The van der Waals surface area contributed by atoms with Gasteiger partial charge in [-0.25, -0.2) is 0 Å². The number of aliphatic hydroxyl groups excluding tert-OH is 2. The van der Waals surface area contributed by atoms with Crippen LogP contribution in [0.15, 0.2) is 72.9 Å². The van der Waals surface area contributed by atoms with E-state index < -0.39 is 12.1 Å². The average molecular weight is 1100 g/mol. The lowest BCUT2D eigenvalue weighted by Gasteiger charge is -2.20. The molecular formula is C75H139NO3. The molecule has 0 aromatic rings. The van der Waals surface area contributed by atoms with E-state index in [4.69, 9.17) is 0 Å². The van der Waals surface area contributed by atoms with E-state index in [2.05, 4.69) is 79.9 Å². The van der Waals surface area contributed by atoms with Crippen LogP contribution in [0.2, 0.25) is 0 Å². The van der Waals surface area contributed by atoms with Gasteiger partial charge in [0.05, 0.1) is 18.8 Å². The standard InChI is InChI=1S/C75H139NO3/c1-3-5-7-9-11-13-15-17-19-21-23-25-27-29-31-32-33-34-35-36-37-38-39-40-41-42-43-44-45-47-49-51-53-55-57-59-61-63-65-67-69-71-75(79)76-73(72-77)74(78)70-68-66-64-62-60-58-56-54-52-50-48-46-30-28-26-24-22-20-18-16-14-12-10-8-6-4-2/h5,7,11,13,17,19,23,25,29,31,68,70,73-74,77-78H,3-4,6,8-10,12,14-16,18,20-22,24,26-28,30,32-67,69,71-72H2,1-2H3,(H,76,79)/b7-5-,13-11-,19-17-,25-23-,31-29-,70-68+. The third kappa shape index (κ3) is 66.5. The summed E-state index contributed by atoms with van der Waals surface area (Å²) >= 11 is 0. The molecule has 0 rings (SSSR count). The van der Waals surface area contributed by atoms with Crippen molar-refractivity contribution in [2.75, 3.05) is 6.61 Å². The van der Waals surface area contributed by atoms with E-state index in [9.17, 15) is 15.0 Å². The quantitative estimate of drug-likeness (QED) is 0.0420. The molecule has 2 atom stereocenters. The Labute approximate surface area is 495 Å². The number of amides is 1. The van der Waals surface area contributed by atoms with Crippen LogP contribution in [0.4, 0.5) is 0 Å². The van der Waals surface area contributed by atoms with Crippen molar-refractivity contribution in [1.82, 2.24) is 5.32 Å². The lowest BCUT2D eigenvalue weighted by Crippen LogP contribution is -2.45. The Morgan fingerprint density at radius 3 is 0.835 bits per heavy atom. The maximum atomic E-state index is 12.5. The molecule has 0 aliphatic rings. The van der Waals surface area contributed by atoms with Crippen molar-refractivity contribution in [2.45, 2.75) is 392 Å². The normalized spacial score (nSPS) is 13.1. The minimum atomic E-state index is -0.841. The van der Waals surface area contributed by atoms with Crippen LogP contribution < -0.4 is 5.32 Å². The highest BCUT2D eigenvalue weighted by molar-refractivity contribution is 5.76. The number of hydrogen-bond acceptors (Lipinski definition) is 3. The van der Waals surface area contributed by atoms with Crippen LogP contribution in [0.3, 0.4) is 0 Å². The van der Waals surface area contributed by atoms with E-state index in [-0.39, 0.29) is 12.5 Å². The first kappa shape index (κ1) is 76.8. The van der Waals surface area contributed by atoms with Crippen LogP contribution in [-0.4, -0.2) is 34.9 Å². The van der Waals surface area contributed by atoms with Gasteiger partial charge in [0.2, 0.25) is 5.91 Å². The summed E-state index contributed by atoms with van der Waals surface area (Å²) < 4.78 is 0. The van der Waals surface area contributed by atoms with Gasteiger partial charge in [0, 0.05) is 6.42 Å². The first-order valence-electron chi connectivity index (χ1n) is 35.7. The van der Waals surface area contributed by atoms with Gasteiger partial charge in [-0.3, -0.25) is 4.79 Å². The number of hydrogen-bond donors (Lipinski definition) is 3. The highest BCUT2D eigenvalue weighted by Gasteiger charge is 2.18. The van der Waals surface area contributed by atoms with Gasteiger partial charge in [-0.05, 0) is 64.2 Å². The van der Waals surface area contributed by atoms with Crippen molar-refractivity contribution >= 4 is 5.91 Å². The third-order valence-electron chi connectivity index (χ3n) is 16.4. The molecular weight excluding hydrogens is 963 g/mol. The Bertz CT molecular complexity index is 1340. The first-order chi connectivity index (χ1) is 39.2. The molecule has 0 fully saturated rings. The summed E-state index contributed by atoms with van der Waals surface area (Å²) in [6.45, 7) is 4.23. The van der Waals surface area contributed by atoms with Crippen molar-refractivity contribution in [2.24, 2.45) is 0 Å². The van der Waals surface area contributed by atoms with Gasteiger partial charge >= 0.3 is 0 Å². The monoisotopic (exact) mass is 1100 g/mol. The summed E-state index contributed by atoms with van der Waals surface area (Å²) in [5.41, 5.74) is 0. The van der Waals surface area contributed by atoms with E-state index in [1.54, 1.807) is 6.08 Å². The van der Waals surface area contributed by atoms with Crippen LogP contribution in [0.1, 0.15) is 380 Å². The average Bonchev–Trinajstić information content (AvgIpc) is 3.45. The molecule has 79 heavy (non-hydrogen) atoms. The van der Waals surface area contributed by atoms with Gasteiger partial charge in [-0.15, -0.1) is 0 Å². The molecule has 4 nitrogen and oxygen atoms in total. The molecule has 0 radical (unpaired) electrons. The zero-order valence-electron chi connectivity index (χ0n) is 53.4. The van der Waals surface area contributed by atoms with Crippen molar-refractivity contribution in [3.63, 3.8) is 0 Å². The number of carbonyl (C=O) groups excluding carboxylic acids is 1. The van der Waals surface area contributed by atoms with Gasteiger partial charge in [0.1, 0.15) is 0 Å². The summed E-state index contributed by atoms with van der Waals surface area (Å²) in [5.74, 6) is -0.0567. The highest BCUT2D eigenvalue weighted by Crippen LogP contribution is 2.19. The number of carbonyl (C=O) groups is 1. The summed E-state index contributed by atoms with van der Waals surface area (Å²) in [4.78, 5) is 12.5. The van der Waals surface area contributed by atoms with Crippen LogP contribution in [0, 0.1) is 0 Å². The highest BCUT2D eigenvalue weighted by atomic mass is 16.3. The zero-order valence-corrected chi connectivity index (χ0v) is 53.4. The zero-order chi connectivity index (χ0) is 56.9. The van der Waals surface area contributed by atoms with Crippen molar-refractivity contribution < 1.29 is 15.0 Å². The fraction of sp³-hybridized carbons (Fsp3) is 0.827. The summed E-state index contributed by atoms with van der Waals surface area (Å²) in [6, 6.07) is -0.624. The minimum absolute atomic E-state index is 0.0567. The smallest absolute Gasteiger partial charge is 0.220 e. The number of allylic oxidation sites excluding steroid dienone is 11. The SMILES string of the molecule is CC/C=C\C/C=C\C/C=C\C/C=C\C/C=C\CCCCCCCCCCCCCCCCCCCCCCCCCCCC(=O)NC(CO)C(O)/C=C/CCCCCCCCCCCCCCCCCCCCCCCCCC. The first-order valence-corrected chi connectivity index (χ1v) is 35.7. The Kier molecular flexibility index (Phi) is 68.2. The van der Waals surface area contributed by atoms with Crippen LogP contribution >= 0.6 is 0 Å². The topological polar surface area (TPSA) is 69.6 Å². The molecule has 0 heterocycles. The lowest BCUT2D eigenvalue weighted by atomic mass is 10.0. The molecule has 4 heteroatoms. The molecule has 0 aliphatic heterocycles. The van der Waals surface area contributed by atoms with Gasteiger partial charge < -0.3 is 15.5 Å². The van der Waals surface area contributed by atoms with Crippen LogP contribution in [-0.2, 0) is 4.79 Å². The fourth-order valence-corrected chi connectivity index (χ4v) is 11.1. The maximum absolute atomic E-state index is 12.5.